The predicted octanol–water partition coefficient (Wildman–Crippen LogP) is 2.17. The molecule has 0 amide bonds. The summed E-state index contributed by atoms with van der Waals surface area (Å²) in [6, 6.07) is 4.69. The van der Waals surface area contributed by atoms with E-state index >= 15 is 0 Å². The number of nitro benzene ring substituents is 1. The van der Waals surface area contributed by atoms with Crippen LogP contribution in [-0.2, 0) is 11.3 Å². The lowest BCUT2D eigenvalue weighted by Gasteiger charge is -2.22. The first-order chi connectivity index (χ1) is 8.99. The number of nitrogens with zero attached hydrogens (tertiary/aromatic N) is 1. The van der Waals surface area contributed by atoms with Crippen molar-refractivity contribution in [2.24, 2.45) is 5.92 Å². The maximum Gasteiger partial charge on any atom is 0.269 e. The number of benzene rings is 1. The van der Waals surface area contributed by atoms with Crippen molar-refractivity contribution in [2.45, 2.75) is 26.5 Å². The van der Waals surface area contributed by atoms with Gasteiger partial charge in [0.25, 0.3) is 5.69 Å². The Labute approximate surface area is 112 Å². The average molecular weight is 268 g/mol. The zero-order chi connectivity index (χ0) is 14.4. The first-order valence-corrected chi connectivity index (χ1v) is 6.13. The average Bonchev–Trinajstić information content (AvgIpc) is 2.39. The normalized spacial score (nSPS) is 13.9. The lowest BCUT2D eigenvalue weighted by molar-refractivity contribution is -0.384. The largest absolute Gasteiger partial charge is 0.396 e. The Morgan fingerprint density at radius 3 is 2.68 bits per heavy atom. The number of ether oxygens (including phenoxy) is 1. The number of hydrogen-bond acceptors (Lipinski definition) is 5. The van der Waals surface area contributed by atoms with E-state index in [2.05, 4.69) is 5.32 Å². The molecule has 0 saturated heterocycles. The molecule has 6 nitrogen and oxygen atoms in total. The van der Waals surface area contributed by atoms with Gasteiger partial charge in [-0.2, -0.15) is 0 Å². The minimum Gasteiger partial charge on any atom is -0.396 e. The van der Waals surface area contributed by atoms with E-state index in [4.69, 9.17) is 9.84 Å². The molecule has 1 rings (SSSR count). The summed E-state index contributed by atoms with van der Waals surface area (Å²) in [6.45, 7) is 4.27. The molecule has 19 heavy (non-hydrogen) atoms. The van der Waals surface area contributed by atoms with Crippen LogP contribution < -0.4 is 5.32 Å². The number of hydrogen-bond donors (Lipinski definition) is 2. The zero-order valence-corrected chi connectivity index (χ0v) is 11.4. The molecule has 0 aliphatic heterocycles. The second-order valence-corrected chi connectivity index (χ2v) is 4.62. The van der Waals surface area contributed by atoms with Crippen LogP contribution in [-0.4, -0.2) is 29.8 Å². The molecular weight excluding hydrogens is 248 g/mol. The van der Waals surface area contributed by atoms with Gasteiger partial charge in [0, 0.05) is 43.1 Å². The van der Waals surface area contributed by atoms with Gasteiger partial charge in [0.15, 0.2) is 0 Å². The monoisotopic (exact) mass is 268 g/mol. The molecule has 1 aromatic carbocycles. The van der Waals surface area contributed by atoms with Gasteiger partial charge in [0.05, 0.1) is 11.5 Å². The molecule has 0 saturated carbocycles. The topological polar surface area (TPSA) is 84.6 Å². The number of aliphatic hydroxyl groups is 1. The predicted molar refractivity (Wildman–Crippen MR) is 73.1 cm³/mol. The highest BCUT2D eigenvalue weighted by molar-refractivity contribution is 5.56. The maximum absolute atomic E-state index is 10.8. The van der Waals surface area contributed by atoms with Crippen LogP contribution in [0.4, 0.5) is 11.4 Å². The summed E-state index contributed by atoms with van der Waals surface area (Å²) >= 11 is 0. The second kappa shape index (κ2) is 7.06. The first kappa shape index (κ1) is 15.4. The van der Waals surface area contributed by atoms with Crippen molar-refractivity contribution in [3.8, 4) is 0 Å². The summed E-state index contributed by atoms with van der Waals surface area (Å²) in [7, 11) is 1.54. The fraction of sp³-hybridized carbons (Fsp3) is 0.538. The minimum absolute atomic E-state index is 0.0421. The van der Waals surface area contributed by atoms with Gasteiger partial charge < -0.3 is 15.2 Å². The van der Waals surface area contributed by atoms with E-state index in [1.807, 2.05) is 13.8 Å². The molecule has 0 aromatic heterocycles. The van der Waals surface area contributed by atoms with Crippen LogP contribution in [0.2, 0.25) is 0 Å². The molecule has 106 valence electrons. The molecule has 0 spiro atoms. The van der Waals surface area contributed by atoms with E-state index in [0.29, 0.717) is 6.61 Å². The Balaban J connectivity index is 2.96. The summed E-state index contributed by atoms with van der Waals surface area (Å²) in [5.41, 5.74) is 1.56. The smallest absolute Gasteiger partial charge is 0.269 e. The summed E-state index contributed by atoms with van der Waals surface area (Å²) < 4.78 is 5.06. The van der Waals surface area contributed by atoms with E-state index in [0.717, 1.165) is 11.3 Å². The van der Waals surface area contributed by atoms with Gasteiger partial charge >= 0.3 is 0 Å². The summed E-state index contributed by atoms with van der Waals surface area (Å²) in [6.07, 6.45) is 0. The van der Waals surface area contributed by atoms with Crippen molar-refractivity contribution in [3.05, 3.63) is 33.9 Å². The molecule has 0 aliphatic rings. The van der Waals surface area contributed by atoms with Gasteiger partial charge in [-0.15, -0.1) is 0 Å². The third-order valence-corrected chi connectivity index (χ3v) is 3.12. The van der Waals surface area contributed by atoms with Gasteiger partial charge in [-0.05, 0) is 18.9 Å². The molecule has 0 radical (unpaired) electrons. The Hall–Kier alpha value is -1.66. The number of methoxy groups -OCH3 is 1. The third-order valence-electron chi connectivity index (χ3n) is 3.12. The minimum atomic E-state index is -0.428. The number of nitrogens with one attached hydrogen (secondary N) is 1. The fourth-order valence-corrected chi connectivity index (χ4v) is 1.66. The first-order valence-electron chi connectivity index (χ1n) is 6.13. The van der Waals surface area contributed by atoms with Gasteiger partial charge in [0.1, 0.15) is 0 Å². The molecule has 2 N–H and O–H groups in total. The van der Waals surface area contributed by atoms with Crippen molar-refractivity contribution in [3.63, 3.8) is 0 Å². The quantitative estimate of drug-likeness (QED) is 0.584. The number of rotatable bonds is 7. The Kier molecular flexibility index (Phi) is 5.72. The van der Waals surface area contributed by atoms with E-state index < -0.39 is 4.92 Å². The highest BCUT2D eigenvalue weighted by Crippen LogP contribution is 2.24. The summed E-state index contributed by atoms with van der Waals surface area (Å²) in [5.74, 6) is 0.0885. The van der Waals surface area contributed by atoms with Crippen molar-refractivity contribution < 1.29 is 14.8 Å². The van der Waals surface area contributed by atoms with Crippen LogP contribution >= 0.6 is 0 Å². The van der Waals surface area contributed by atoms with Crippen LogP contribution in [0.25, 0.3) is 0 Å². The number of non-ortho nitro benzene ring substituents is 1. The van der Waals surface area contributed by atoms with E-state index in [-0.39, 0.29) is 24.3 Å². The van der Waals surface area contributed by atoms with Gasteiger partial charge in [-0.3, -0.25) is 10.1 Å². The number of anilines is 1. The van der Waals surface area contributed by atoms with Crippen molar-refractivity contribution in [2.75, 3.05) is 19.0 Å². The maximum atomic E-state index is 10.8. The lowest BCUT2D eigenvalue weighted by Crippen LogP contribution is -2.26. The Morgan fingerprint density at radius 1 is 1.47 bits per heavy atom. The van der Waals surface area contributed by atoms with Crippen molar-refractivity contribution in [1.82, 2.24) is 0 Å². The lowest BCUT2D eigenvalue weighted by atomic mass is 10.0. The van der Waals surface area contributed by atoms with Crippen LogP contribution in [0.3, 0.4) is 0 Å². The fourth-order valence-electron chi connectivity index (χ4n) is 1.66. The van der Waals surface area contributed by atoms with Gasteiger partial charge in [0.2, 0.25) is 0 Å². The van der Waals surface area contributed by atoms with Crippen LogP contribution in [0.1, 0.15) is 19.4 Å². The number of nitro groups is 1. The SMILES string of the molecule is COCc1cc([N+](=O)[O-])ccc1NC(C)C(C)CO. The van der Waals surface area contributed by atoms with E-state index in [1.54, 1.807) is 13.2 Å². The van der Waals surface area contributed by atoms with Gasteiger partial charge in [-0.25, -0.2) is 0 Å². The van der Waals surface area contributed by atoms with Crippen LogP contribution in [0.15, 0.2) is 18.2 Å². The second-order valence-electron chi connectivity index (χ2n) is 4.62. The van der Waals surface area contributed by atoms with Gasteiger partial charge in [-0.1, -0.05) is 6.92 Å². The molecule has 0 heterocycles. The molecule has 0 aliphatic carbocycles. The molecule has 2 atom stereocenters. The van der Waals surface area contributed by atoms with Crippen molar-refractivity contribution >= 4 is 11.4 Å². The molecule has 2 unspecified atom stereocenters. The zero-order valence-electron chi connectivity index (χ0n) is 11.4. The highest BCUT2D eigenvalue weighted by Gasteiger charge is 2.15. The number of aliphatic hydroxyl groups excluding tert-OH is 1. The molecule has 6 heteroatoms. The standard InChI is InChI=1S/C13H20N2O4/c1-9(7-16)10(2)14-13-5-4-12(15(17)18)6-11(13)8-19-3/h4-6,9-10,14,16H,7-8H2,1-3H3. The van der Waals surface area contributed by atoms with E-state index in [1.165, 1.54) is 12.1 Å². The van der Waals surface area contributed by atoms with Crippen molar-refractivity contribution in [1.29, 1.82) is 0 Å². The molecule has 1 aromatic rings. The summed E-state index contributed by atoms with van der Waals surface area (Å²) in [4.78, 5) is 10.3. The molecular formula is C13H20N2O4. The van der Waals surface area contributed by atoms with E-state index in [9.17, 15) is 10.1 Å². The highest BCUT2D eigenvalue weighted by atomic mass is 16.6. The molecule has 0 bridgehead atoms. The molecule has 0 fully saturated rings. The van der Waals surface area contributed by atoms with Crippen LogP contribution in [0.5, 0.6) is 0 Å². The third kappa shape index (κ3) is 4.18. The summed E-state index contributed by atoms with van der Waals surface area (Å²) in [5, 5.41) is 23.1. The Bertz CT molecular complexity index is 437. The van der Waals surface area contributed by atoms with Crippen LogP contribution in [0, 0.1) is 16.0 Å². The Morgan fingerprint density at radius 2 is 2.16 bits per heavy atom.